The van der Waals surface area contributed by atoms with Gasteiger partial charge in [0.15, 0.2) is 6.20 Å². The van der Waals surface area contributed by atoms with Crippen LogP contribution in [0.5, 0.6) is 0 Å². The van der Waals surface area contributed by atoms with Crippen molar-refractivity contribution in [1.82, 2.24) is 20.5 Å². The Hall–Kier alpha value is -2.85. The summed E-state index contributed by atoms with van der Waals surface area (Å²) in [6, 6.07) is 0. The summed E-state index contributed by atoms with van der Waals surface area (Å²) in [7, 11) is 2.87. The Bertz CT molecular complexity index is 522. The molecule has 0 saturated carbocycles. The van der Waals surface area contributed by atoms with E-state index >= 15 is 0 Å². The van der Waals surface area contributed by atoms with Crippen LogP contribution in [0.2, 0.25) is 0 Å². The zero-order chi connectivity index (χ0) is 13.1. The normalized spacial score (nSPS) is 14.4. The van der Waals surface area contributed by atoms with Gasteiger partial charge in [-0.2, -0.15) is 0 Å². The molecule has 11 heteroatoms. The number of hydrazine groups is 1. The molecule has 0 saturated heterocycles. The molecule has 0 fully saturated rings. The van der Waals surface area contributed by atoms with Crippen molar-refractivity contribution in [2.75, 3.05) is 19.4 Å². The van der Waals surface area contributed by atoms with E-state index in [4.69, 9.17) is 9.47 Å². The highest BCUT2D eigenvalue weighted by Crippen LogP contribution is 2.07. The van der Waals surface area contributed by atoms with Gasteiger partial charge in [-0.15, -0.1) is 0 Å². The minimum absolute atomic E-state index is 0.240. The Morgan fingerprint density at radius 2 is 2.22 bits per heavy atom. The van der Waals surface area contributed by atoms with Crippen molar-refractivity contribution in [3.8, 4) is 0 Å². The first-order valence-electron chi connectivity index (χ1n) is 4.66. The molecular weight excluding hydrogens is 246 g/mol. The molecule has 0 unspecified atom stereocenters. The summed E-state index contributed by atoms with van der Waals surface area (Å²) in [5.74, 6) is 0.170. The van der Waals surface area contributed by atoms with Crippen LogP contribution in [-0.2, 0) is 9.47 Å². The van der Waals surface area contributed by atoms with Crippen molar-refractivity contribution in [1.29, 1.82) is 0 Å². The van der Waals surface area contributed by atoms with Crippen LogP contribution in [0.3, 0.4) is 0 Å². The number of rotatable bonds is 3. The van der Waals surface area contributed by atoms with Crippen molar-refractivity contribution in [2.24, 2.45) is 5.10 Å². The first-order chi connectivity index (χ1) is 8.63. The summed E-state index contributed by atoms with van der Waals surface area (Å²) >= 11 is 0. The highest BCUT2D eigenvalue weighted by molar-refractivity contribution is 5.88. The van der Waals surface area contributed by atoms with Crippen molar-refractivity contribution in [2.45, 2.75) is 0 Å². The average Bonchev–Trinajstić information content (AvgIpc) is 2.87. The van der Waals surface area contributed by atoms with Crippen LogP contribution in [0.1, 0.15) is 0 Å². The minimum Gasteiger partial charge on any atom is -0.481 e. The topological polar surface area (TPSA) is 120 Å². The van der Waals surface area contributed by atoms with E-state index in [0.29, 0.717) is 5.88 Å². The Labute approximate surface area is 100 Å². The molecule has 96 valence electrons. The van der Waals surface area contributed by atoms with E-state index in [0.717, 1.165) is 16.2 Å². The number of hydrazone groups is 1. The van der Waals surface area contributed by atoms with E-state index in [2.05, 4.69) is 20.8 Å². The Kier molecular flexibility index (Phi) is 2.95. The summed E-state index contributed by atoms with van der Waals surface area (Å²) in [4.78, 5) is 10.9. The van der Waals surface area contributed by atoms with Crippen LogP contribution >= 0.6 is 0 Å². The SMILES string of the molecule is COC1=CC(OC)=NN(n2cc([N+](=O)[O-])nn2)N1. The lowest BCUT2D eigenvalue weighted by Gasteiger charge is -2.23. The molecule has 1 aliphatic heterocycles. The standard InChI is InChI=1S/C7H9N7O4/c1-17-6-3-7(18-2)10-14(9-6)12-4-5(8-11-12)13(15)16/h3-4,9H,1-2H3. The highest BCUT2D eigenvalue weighted by Gasteiger charge is 2.20. The van der Waals surface area contributed by atoms with Gasteiger partial charge >= 0.3 is 5.82 Å². The molecule has 0 aromatic carbocycles. The summed E-state index contributed by atoms with van der Waals surface area (Å²) < 4.78 is 9.93. The number of nitrogens with one attached hydrogen (secondary N) is 1. The number of aromatic nitrogens is 3. The van der Waals surface area contributed by atoms with E-state index < -0.39 is 10.7 Å². The molecule has 0 radical (unpaired) electrons. The smallest absolute Gasteiger partial charge is 0.412 e. The number of methoxy groups -OCH3 is 2. The van der Waals surface area contributed by atoms with E-state index in [-0.39, 0.29) is 5.90 Å². The van der Waals surface area contributed by atoms with Crippen molar-refractivity contribution in [3.05, 3.63) is 28.3 Å². The predicted octanol–water partition coefficient (Wildman–Crippen LogP) is -0.910. The number of nitro groups is 1. The molecule has 1 aromatic rings. The molecule has 1 aromatic heterocycles. The molecule has 0 atom stereocenters. The lowest BCUT2D eigenvalue weighted by molar-refractivity contribution is -0.389. The fourth-order valence-corrected chi connectivity index (χ4v) is 1.11. The zero-order valence-electron chi connectivity index (χ0n) is 9.47. The van der Waals surface area contributed by atoms with Crippen LogP contribution in [0.4, 0.5) is 5.82 Å². The largest absolute Gasteiger partial charge is 0.481 e. The fourth-order valence-electron chi connectivity index (χ4n) is 1.11. The van der Waals surface area contributed by atoms with Crippen molar-refractivity contribution in [3.63, 3.8) is 0 Å². The third-order valence-corrected chi connectivity index (χ3v) is 1.94. The maximum Gasteiger partial charge on any atom is 0.412 e. The molecule has 1 aliphatic rings. The number of nitrogens with zero attached hydrogens (tertiary/aromatic N) is 6. The third-order valence-electron chi connectivity index (χ3n) is 1.94. The first kappa shape index (κ1) is 11.6. The molecule has 0 spiro atoms. The second-order valence-corrected chi connectivity index (χ2v) is 3.01. The molecule has 0 bridgehead atoms. The number of hydrogen-bond donors (Lipinski definition) is 1. The molecule has 2 rings (SSSR count). The summed E-state index contributed by atoms with van der Waals surface area (Å²) in [6.07, 6.45) is 2.59. The second kappa shape index (κ2) is 4.57. The quantitative estimate of drug-likeness (QED) is 0.544. The van der Waals surface area contributed by atoms with Crippen molar-refractivity contribution >= 4 is 11.7 Å². The second-order valence-electron chi connectivity index (χ2n) is 3.01. The summed E-state index contributed by atoms with van der Waals surface area (Å²) in [5, 5.41) is 22.4. The zero-order valence-corrected chi connectivity index (χ0v) is 9.47. The third kappa shape index (κ3) is 2.14. The molecule has 11 nitrogen and oxygen atoms in total. The van der Waals surface area contributed by atoms with Gasteiger partial charge < -0.3 is 19.6 Å². The number of ether oxygens (including phenoxy) is 2. The van der Waals surface area contributed by atoms with Gasteiger partial charge in [0.25, 0.3) is 0 Å². The van der Waals surface area contributed by atoms with E-state index in [1.54, 1.807) is 0 Å². The molecule has 1 N–H and O–H groups in total. The van der Waals surface area contributed by atoms with E-state index in [1.165, 1.54) is 20.3 Å². The lowest BCUT2D eigenvalue weighted by Crippen LogP contribution is -2.45. The Morgan fingerprint density at radius 1 is 1.44 bits per heavy atom. The van der Waals surface area contributed by atoms with Crippen LogP contribution in [0, 0.1) is 10.1 Å². The van der Waals surface area contributed by atoms with Crippen LogP contribution < -0.4 is 10.7 Å². The lowest BCUT2D eigenvalue weighted by atomic mass is 10.5. The van der Waals surface area contributed by atoms with Gasteiger partial charge in [-0.3, -0.25) is 0 Å². The van der Waals surface area contributed by atoms with E-state index in [1.807, 2.05) is 0 Å². The highest BCUT2D eigenvalue weighted by atomic mass is 16.6. The van der Waals surface area contributed by atoms with Gasteiger partial charge in [0.2, 0.25) is 11.8 Å². The van der Waals surface area contributed by atoms with E-state index in [9.17, 15) is 10.1 Å². The summed E-state index contributed by atoms with van der Waals surface area (Å²) in [5.41, 5.74) is 2.68. The van der Waals surface area contributed by atoms with Gasteiger partial charge in [0, 0.05) is 0 Å². The van der Waals surface area contributed by atoms with Crippen LogP contribution in [-0.4, -0.2) is 40.1 Å². The first-order valence-corrected chi connectivity index (χ1v) is 4.66. The van der Waals surface area contributed by atoms with Gasteiger partial charge in [0.1, 0.15) is 5.10 Å². The molecule has 18 heavy (non-hydrogen) atoms. The van der Waals surface area contributed by atoms with Crippen molar-refractivity contribution < 1.29 is 14.4 Å². The molecule has 0 amide bonds. The van der Waals surface area contributed by atoms with Crippen LogP contribution in [0.15, 0.2) is 23.3 Å². The van der Waals surface area contributed by atoms with Gasteiger partial charge in [-0.05, 0) is 4.92 Å². The maximum absolute atomic E-state index is 10.5. The maximum atomic E-state index is 10.5. The number of hydrogen-bond acceptors (Lipinski definition) is 9. The monoisotopic (exact) mass is 255 g/mol. The van der Waals surface area contributed by atoms with Gasteiger partial charge in [-0.1, -0.05) is 15.1 Å². The molecular formula is C7H9N7O4. The van der Waals surface area contributed by atoms with Crippen LogP contribution in [0.25, 0.3) is 0 Å². The Morgan fingerprint density at radius 3 is 2.78 bits per heavy atom. The predicted molar refractivity (Wildman–Crippen MR) is 57.6 cm³/mol. The van der Waals surface area contributed by atoms with Gasteiger partial charge in [-0.25, -0.2) is 5.43 Å². The minimum atomic E-state index is -0.665. The average molecular weight is 255 g/mol. The Balaban J connectivity index is 2.25. The molecule has 0 aliphatic carbocycles. The molecule has 2 heterocycles. The van der Waals surface area contributed by atoms with Gasteiger partial charge in [0.05, 0.1) is 25.5 Å². The fraction of sp³-hybridized carbons (Fsp3) is 0.286. The summed E-state index contributed by atoms with van der Waals surface area (Å²) in [6.45, 7) is 0.